The summed E-state index contributed by atoms with van der Waals surface area (Å²) in [6.07, 6.45) is 1.55. The minimum absolute atomic E-state index is 0.0202. The Morgan fingerprint density at radius 1 is 1.14 bits per heavy atom. The van der Waals surface area contributed by atoms with Crippen LogP contribution < -0.4 is 4.90 Å². The summed E-state index contributed by atoms with van der Waals surface area (Å²) in [4.78, 5) is 33.9. The highest BCUT2D eigenvalue weighted by molar-refractivity contribution is 7.13. The highest BCUT2D eigenvalue weighted by Gasteiger charge is 2.34. The molecule has 0 N–H and O–H groups in total. The Hall–Kier alpha value is -2.99. The predicted octanol–water partition coefficient (Wildman–Crippen LogP) is 4.39. The molecule has 1 aromatic heterocycles. The fourth-order valence-corrected chi connectivity index (χ4v) is 4.47. The Balaban J connectivity index is 1.50. The van der Waals surface area contributed by atoms with Gasteiger partial charge < -0.3 is 9.80 Å². The maximum Gasteiger partial charge on any atom is 0.254 e. The molecule has 5 nitrogen and oxygen atoms in total. The first-order valence-corrected chi connectivity index (χ1v) is 10.6. The summed E-state index contributed by atoms with van der Waals surface area (Å²) in [7, 11) is 1.72. The average molecular weight is 406 g/mol. The van der Waals surface area contributed by atoms with Gasteiger partial charge in [-0.3, -0.25) is 9.59 Å². The van der Waals surface area contributed by atoms with Gasteiger partial charge in [0.25, 0.3) is 5.91 Å². The lowest BCUT2D eigenvalue weighted by molar-refractivity contribution is -0.124. The number of piperidine rings is 1. The van der Waals surface area contributed by atoms with Gasteiger partial charge in [-0.05, 0) is 44.0 Å². The molecule has 0 radical (unpaired) electrons. The number of aromatic nitrogens is 1. The molecule has 0 aliphatic carbocycles. The minimum atomic E-state index is -0.447. The van der Waals surface area contributed by atoms with Gasteiger partial charge in [0, 0.05) is 41.5 Å². The first-order chi connectivity index (χ1) is 14.0. The van der Waals surface area contributed by atoms with Crippen LogP contribution in [-0.2, 0) is 4.79 Å². The van der Waals surface area contributed by atoms with E-state index in [0.717, 1.165) is 28.4 Å². The van der Waals surface area contributed by atoms with Crippen molar-refractivity contribution in [1.82, 2.24) is 9.88 Å². The smallest absolute Gasteiger partial charge is 0.254 e. The molecule has 6 heteroatoms. The molecule has 2 aromatic carbocycles. The number of amides is 2. The molecule has 1 fully saturated rings. The van der Waals surface area contributed by atoms with E-state index in [1.54, 1.807) is 28.2 Å². The standard InChI is InChI=1S/C23H23N3O2S/c1-16-15-29-21(24-16)17-10-12-18(13-11-17)22(27)25(2)20-9-6-14-26(23(20)28)19-7-4-3-5-8-19/h3-5,7-8,10-13,15,20H,6,9,14H2,1-2H3. The van der Waals surface area contributed by atoms with Crippen LogP contribution in [-0.4, -0.2) is 41.3 Å². The zero-order chi connectivity index (χ0) is 20.4. The quantitative estimate of drug-likeness (QED) is 0.647. The number of rotatable bonds is 4. The number of para-hydroxylation sites is 1. The van der Waals surface area contributed by atoms with Crippen molar-refractivity contribution in [2.45, 2.75) is 25.8 Å². The summed E-state index contributed by atoms with van der Waals surface area (Å²) in [6, 6.07) is 16.7. The molecule has 1 aliphatic heterocycles. The second kappa shape index (κ2) is 8.17. The Bertz CT molecular complexity index is 1010. The Labute approximate surface area is 174 Å². The molecular formula is C23H23N3O2S. The van der Waals surface area contributed by atoms with Gasteiger partial charge >= 0.3 is 0 Å². The molecular weight excluding hydrogens is 382 g/mol. The largest absolute Gasteiger partial charge is 0.330 e. The minimum Gasteiger partial charge on any atom is -0.330 e. The van der Waals surface area contributed by atoms with Gasteiger partial charge in [0.05, 0.1) is 0 Å². The van der Waals surface area contributed by atoms with Crippen molar-refractivity contribution in [2.24, 2.45) is 0 Å². The van der Waals surface area contributed by atoms with Crippen LogP contribution in [0.1, 0.15) is 28.9 Å². The zero-order valence-corrected chi connectivity index (χ0v) is 17.4. The topological polar surface area (TPSA) is 53.5 Å². The normalized spacial score (nSPS) is 16.7. The highest BCUT2D eigenvalue weighted by atomic mass is 32.1. The maximum absolute atomic E-state index is 13.1. The molecule has 3 aromatic rings. The van der Waals surface area contributed by atoms with Gasteiger partial charge in [-0.2, -0.15) is 0 Å². The summed E-state index contributed by atoms with van der Waals surface area (Å²) in [6.45, 7) is 2.65. The molecule has 0 saturated carbocycles. The number of benzene rings is 2. The summed E-state index contributed by atoms with van der Waals surface area (Å²) >= 11 is 1.59. The number of carbonyl (C=O) groups is 2. The van der Waals surface area contributed by atoms with E-state index in [9.17, 15) is 9.59 Å². The number of anilines is 1. The van der Waals surface area contributed by atoms with Gasteiger partial charge in [-0.25, -0.2) is 4.98 Å². The van der Waals surface area contributed by atoms with E-state index in [0.29, 0.717) is 18.5 Å². The van der Waals surface area contributed by atoms with E-state index in [2.05, 4.69) is 4.98 Å². The van der Waals surface area contributed by atoms with E-state index in [1.807, 2.05) is 66.9 Å². The average Bonchev–Trinajstić information content (AvgIpc) is 3.20. The van der Waals surface area contributed by atoms with Gasteiger partial charge in [-0.15, -0.1) is 11.3 Å². The molecule has 4 rings (SSSR count). The lowest BCUT2D eigenvalue weighted by Crippen LogP contribution is -2.53. The number of hydrogen-bond acceptors (Lipinski definition) is 4. The highest BCUT2D eigenvalue weighted by Crippen LogP contribution is 2.26. The van der Waals surface area contributed by atoms with E-state index < -0.39 is 6.04 Å². The lowest BCUT2D eigenvalue weighted by atomic mass is 10.0. The maximum atomic E-state index is 13.1. The third kappa shape index (κ3) is 3.93. The number of hydrogen-bond donors (Lipinski definition) is 0. The monoisotopic (exact) mass is 405 g/mol. The Morgan fingerprint density at radius 2 is 1.86 bits per heavy atom. The molecule has 1 saturated heterocycles. The van der Waals surface area contributed by atoms with E-state index in [1.165, 1.54) is 0 Å². The van der Waals surface area contributed by atoms with E-state index in [4.69, 9.17) is 0 Å². The molecule has 2 heterocycles. The van der Waals surface area contributed by atoms with E-state index >= 15 is 0 Å². The van der Waals surface area contributed by atoms with Crippen LogP contribution in [0.3, 0.4) is 0 Å². The molecule has 2 amide bonds. The lowest BCUT2D eigenvalue weighted by Gasteiger charge is -2.36. The number of aryl methyl sites for hydroxylation is 1. The Morgan fingerprint density at radius 3 is 2.52 bits per heavy atom. The predicted molar refractivity (Wildman–Crippen MR) is 116 cm³/mol. The first-order valence-electron chi connectivity index (χ1n) is 9.71. The van der Waals surface area contributed by atoms with Crippen LogP contribution in [0.4, 0.5) is 5.69 Å². The second-order valence-electron chi connectivity index (χ2n) is 7.27. The third-order valence-electron chi connectivity index (χ3n) is 5.26. The molecule has 1 aliphatic rings. The Kier molecular flexibility index (Phi) is 5.45. The molecule has 29 heavy (non-hydrogen) atoms. The van der Waals surface area contributed by atoms with Crippen molar-refractivity contribution in [1.29, 1.82) is 0 Å². The molecule has 1 atom stereocenters. The fourth-order valence-electron chi connectivity index (χ4n) is 3.67. The summed E-state index contributed by atoms with van der Waals surface area (Å²) in [5, 5.41) is 2.95. The van der Waals surface area contributed by atoms with Crippen LogP contribution in [0.25, 0.3) is 10.6 Å². The third-order valence-corrected chi connectivity index (χ3v) is 6.27. The van der Waals surface area contributed by atoms with Crippen molar-refractivity contribution in [3.05, 3.63) is 71.2 Å². The summed E-state index contributed by atoms with van der Waals surface area (Å²) in [5.74, 6) is -0.159. The first kappa shape index (κ1) is 19.3. The fraction of sp³-hybridized carbons (Fsp3) is 0.261. The van der Waals surface area contributed by atoms with E-state index in [-0.39, 0.29) is 11.8 Å². The van der Waals surface area contributed by atoms with Gasteiger partial charge in [0.2, 0.25) is 5.91 Å². The van der Waals surface area contributed by atoms with Crippen LogP contribution in [0.15, 0.2) is 60.0 Å². The van der Waals surface area contributed by atoms with Crippen LogP contribution >= 0.6 is 11.3 Å². The summed E-state index contributed by atoms with van der Waals surface area (Å²) < 4.78 is 0. The van der Waals surface area contributed by atoms with Crippen molar-refractivity contribution in [2.75, 3.05) is 18.5 Å². The molecule has 0 bridgehead atoms. The number of thiazole rings is 1. The van der Waals surface area contributed by atoms with Gasteiger partial charge in [-0.1, -0.05) is 30.3 Å². The van der Waals surface area contributed by atoms with Crippen molar-refractivity contribution in [3.63, 3.8) is 0 Å². The number of likely N-dealkylation sites (N-methyl/N-ethyl adjacent to an activating group) is 1. The van der Waals surface area contributed by atoms with Crippen molar-refractivity contribution in [3.8, 4) is 10.6 Å². The van der Waals surface area contributed by atoms with Crippen LogP contribution in [0, 0.1) is 6.92 Å². The molecule has 0 spiro atoms. The number of nitrogens with zero attached hydrogens (tertiary/aromatic N) is 3. The number of carbonyl (C=O) groups excluding carboxylic acids is 2. The molecule has 148 valence electrons. The van der Waals surface area contributed by atoms with Crippen molar-refractivity contribution < 1.29 is 9.59 Å². The van der Waals surface area contributed by atoms with Gasteiger partial charge in [0.15, 0.2) is 0 Å². The van der Waals surface area contributed by atoms with Gasteiger partial charge in [0.1, 0.15) is 11.0 Å². The molecule has 1 unspecified atom stereocenters. The SMILES string of the molecule is Cc1csc(-c2ccc(C(=O)N(C)C3CCCN(c4ccccc4)C3=O)cc2)n1. The second-order valence-corrected chi connectivity index (χ2v) is 8.13. The summed E-state index contributed by atoms with van der Waals surface area (Å²) in [5.41, 5.74) is 3.44. The van der Waals surface area contributed by atoms with Crippen LogP contribution in [0.5, 0.6) is 0 Å². The van der Waals surface area contributed by atoms with Crippen molar-refractivity contribution >= 4 is 28.8 Å². The van der Waals surface area contributed by atoms with Crippen LogP contribution in [0.2, 0.25) is 0 Å². The zero-order valence-electron chi connectivity index (χ0n) is 16.5.